The van der Waals surface area contributed by atoms with Crippen LogP contribution >= 0.6 is 0 Å². The summed E-state index contributed by atoms with van der Waals surface area (Å²) in [4.78, 5) is 12.9. The third kappa shape index (κ3) is 4.86. The minimum Gasteiger partial charge on any atom is -0.497 e. The van der Waals surface area contributed by atoms with Crippen molar-refractivity contribution in [2.75, 3.05) is 27.3 Å². The lowest BCUT2D eigenvalue weighted by Gasteiger charge is -2.38. The summed E-state index contributed by atoms with van der Waals surface area (Å²) < 4.78 is 39.8. The van der Waals surface area contributed by atoms with E-state index in [2.05, 4.69) is 5.32 Å². The maximum atomic E-state index is 13.8. The number of amides is 1. The fourth-order valence-electron chi connectivity index (χ4n) is 4.43. The second-order valence-electron chi connectivity index (χ2n) is 7.80. The molecule has 1 heterocycles. The molecular formula is C21H32N2O5S. The maximum Gasteiger partial charge on any atom is 0.247 e. The van der Waals surface area contributed by atoms with Gasteiger partial charge < -0.3 is 14.8 Å². The molecule has 2 fully saturated rings. The first-order valence-corrected chi connectivity index (χ1v) is 11.9. The van der Waals surface area contributed by atoms with Gasteiger partial charge in [0.25, 0.3) is 0 Å². The van der Waals surface area contributed by atoms with Gasteiger partial charge in [0.1, 0.15) is 16.4 Å². The number of hydrogen-bond acceptors (Lipinski definition) is 5. The lowest BCUT2D eigenvalue weighted by atomic mass is 9.83. The van der Waals surface area contributed by atoms with Gasteiger partial charge in [-0.25, -0.2) is 8.42 Å². The fourth-order valence-corrected chi connectivity index (χ4v) is 6.33. The van der Waals surface area contributed by atoms with Crippen molar-refractivity contribution in [3.8, 4) is 11.5 Å². The molecule has 1 aliphatic carbocycles. The molecule has 1 aromatic carbocycles. The van der Waals surface area contributed by atoms with Gasteiger partial charge in [-0.15, -0.1) is 0 Å². The van der Waals surface area contributed by atoms with Crippen LogP contribution in [0, 0.1) is 5.92 Å². The van der Waals surface area contributed by atoms with Crippen molar-refractivity contribution in [2.24, 2.45) is 5.92 Å². The van der Waals surface area contributed by atoms with Crippen molar-refractivity contribution in [3.63, 3.8) is 0 Å². The SMILES string of the molecule is COc1ccc(OC)c(S(=O)(=O)N2CCCCCCNC(=O)C3CCCCC32)c1. The molecule has 2 aliphatic rings. The van der Waals surface area contributed by atoms with Gasteiger partial charge in [-0.3, -0.25) is 4.79 Å². The molecule has 0 aromatic heterocycles. The highest BCUT2D eigenvalue weighted by atomic mass is 32.2. The predicted octanol–water partition coefficient (Wildman–Crippen LogP) is 2.94. The third-order valence-electron chi connectivity index (χ3n) is 6.00. The standard InChI is InChI=1S/C21H32N2O5S/c1-27-16-11-12-19(28-2)20(15-16)29(25,26)23-14-8-4-3-7-13-22-21(24)17-9-5-6-10-18(17)23/h11-12,15,17-18H,3-10,13-14H2,1-2H3,(H,22,24). The number of carbonyl (C=O) groups excluding carboxylic acids is 1. The van der Waals surface area contributed by atoms with E-state index in [9.17, 15) is 13.2 Å². The van der Waals surface area contributed by atoms with Crippen molar-refractivity contribution >= 4 is 15.9 Å². The predicted molar refractivity (Wildman–Crippen MR) is 111 cm³/mol. The van der Waals surface area contributed by atoms with Crippen LogP contribution in [-0.4, -0.2) is 52.0 Å². The van der Waals surface area contributed by atoms with Gasteiger partial charge in [0.15, 0.2) is 0 Å². The summed E-state index contributed by atoms with van der Waals surface area (Å²) in [7, 11) is -0.893. The van der Waals surface area contributed by atoms with Crippen molar-refractivity contribution < 1.29 is 22.7 Å². The summed E-state index contributed by atoms with van der Waals surface area (Å²) in [5, 5.41) is 3.03. The van der Waals surface area contributed by atoms with E-state index in [1.165, 1.54) is 20.3 Å². The topological polar surface area (TPSA) is 84.9 Å². The Morgan fingerprint density at radius 1 is 1.00 bits per heavy atom. The van der Waals surface area contributed by atoms with Gasteiger partial charge in [-0.1, -0.05) is 25.7 Å². The van der Waals surface area contributed by atoms with Crippen LogP contribution in [0.4, 0.5) is 0 Å². The normalized spacial score (nSPS) is 24.7. The van der Waals surface area contributed by atoms with Crippen LogP contribution in [0.3, 0.4) is 0 Å². The number of sulfonamides is 1. The molecule has 2 unspecified atom stereocenters. The molecule has 3 rings (SSSR count). The Labute approximate surface area is 173 Å². The van der Waals surface area contributed by atoms with Crippen LogP contribution in [0.25, 0.3) is 0 Å². The molecule has 1 N–H and O–H groups in total. The first-order chi connectivity index (χ1) is 14.0. The molecule has 0 bridgehead atoms. The Morgan fingerprint density at radius 3 is 2.52 bits per heavy atom. The van der Waals surface area contributed by atoms with Crippen molar-refractivity contribution in [1.82, 2.24) is 9.62 Å². The molecule has 162 valence electrons. The molecule has 7 nitrogen and oxygen atoms in total. The Hall–Kier alpha value is -1.80. The Bertz CT molecular complexity index is 811. The second kappa shape index (κ2) is 9.80. The largest absolute Gasteiger partial charge is 0.497 e. The van der Waals surface area contributed by atoms with Crippen LogP contribution in [0.2, 0.25) is 0 Å². The summed E-state index contributed by atoms with van der Waals surface area (Å²) in [5.41, 5.74) is 0. The minimum absolute atomic E-state index is 0.0191. The zero-order chi connectivity index (χ0) is 20.9. The summed E-state index contributed by atoms with van der Waals surface area (Å²) >= 11 is 0. The number of carbonyl (C=O) groups is 1. The molecule has 8 heteroatoms. The second-order valence-corrected chi connectivity index (χ2v) is 9.66. The average Bonchev–Trinajstić information content (AvgIpc) is 2.78. The molecule has 1 aromatic rings. The number of hydrogen-bond donors (Lipinski definition) is 1. The van der Waals surface area contributed by atoms with E-state index in [1.54, 1.807) is 16.4 Å². The number of benzene rings is 1. The minimum atomic E-state index is -3.86. The quantitative estimate of drug-likeness (QED) is 0.803. The molecule has 2 atom stereocenters. The lowest BCUT2D eigenvalue weighted by molar-refractivity contribution is -0.127. The first kappa shape index (κ1) is 21.9. The van der Waals surface area contributed by atoms with Crippen LogP contribution in [0.1, 0.15) is 51.4 Å². The Morgan fingerprint density at radius 2 is 1.76 bits per heavy atom. The summed E-state index contributed by atoms with van der Waals surface area (Å²) in [6, 6.07) is 4.48. The van der Waals surface area contributed by atoms with E-state index in [-0.39, 0.29) is 28.5 Å². The number of methoxy groups -OCH3 is 2. The summed E-state index contributed by atoms with van der Waals surface area (Å²) in [6.45, 7) is 1.08. The van der Waals surface area contributed by atoms with E-state index in [4.69, 9.17) is 9.47 Å². The lowest BCUT2D eigenvalue weighted by Crippen LogP contribution is -2.51. The van der Waals surface area contributed by atoms with Crippen LogP contribution < -0.4 is 14.8 Å². The smallest absolute Gasteiger partial charge is 0.247 e. The number of nitrogens with one attached hydrogen (secondary N) is 1. The van der Waals surface area contributed by atoms with Gasteiger partial charge in [-0.05, 0) is 37.8 Å². The van der Waals surface area contributed by atoms with Crippen molar-refractivity contribution in [1.29, 1.82) is 0 Å². The monoisotopic (exact) mass is 424 g/mol. The number of fused-ring (bicyclic) bond motifs is 1. The van der Waals surface area contributed by atoms with Crippen molar-refractivity contribution in [2.45, 2.75) is 62.3 Å². The summed E-state index contributed by atoms with van der Waals surface area (Å²) in [5.74, 6) is 0.416. The highest BCUT2D eigenvalue weighted by Crippen LogP contribution is 2.36. The van der Waals surface area contributed by atoms with Crippen LogP contribution in [0.15, 0.2) is 23.1 Å². The molecule has 0 radical (unpaired) electrons. The Balaban J connectivity index is 2.04. The zero-order valence-electron chi connectivity index (χ0n) is 17.4. The molecule has 29 heavy (non-hydrogen) atoms. The van der Waals surface area contributed by atoms with Gasteiger partial charge in [-0.2, -0.15) is 4.31 Å². The van der Waals surface area contributed by atoms with Crippen molar-refractivity contribution in [3.05, 3.63) is 18.2 Å². The van der Waals surface area contributed by atoms with E-state index in [0.29, 0.717) is 25.3 Å². The highest BCUT2D eigenvalue weighted by Gasteiger charge is 2.41. The van der Waals surface area contributed by atoms with Gasteiger partial charge in [0, 0.05) is 25.2 Å². The molecule has 1 aliphatic heterocycles. The van der Waals surface area contributed by atoms with Gasteiger partial charge in [0.2, 0.25) is 15.9 Å². The van der Waals surface area contributed by atoms with E-state index < -0.39 is 10.0 Å². The highest BCUT2D eigenvalue weighted by molar-refractivity contribution is 7.89. The van der Waals surface area contributed by atoms with Crippen LogP contribution in [-0.2, 0) is 14.8 Å². The number of ether oxygens (including phenoxy) is 2. The maximum absolute atomic E-state index is 13.8. The van der Waals surface area contributed by atoms with E-state index in [1.807, 2.05) is 0 Å². The zero-order valence-corrected chi connectivity index (χ0v) is 18.2. The first-order valence-electron chi connectivity index (χ1n) is 10.5. The van der Waals surface area contributed by atoms with E-state index in [0.717, 1.165) is 44.9 Å². The molecule has 1 amide bonds. The molecule has 1 saturated heterocycles. The van der Waals surface area contributed by atoms with Gasteiger partial charge in [0.05, 0.1) is 20.1 Å². The van der Waals surface area contributed by atoms with Crippen LogP contribution in [0.5, 0.6) is 11.5 Å². The third-order valence-corrected chi connectivity index (χ3v) is 7.94. The molecule has 0 spiro atoms. The number of rotatable bonds is 4. The number of nitrogens with zero attached hydrogens (tertiary/aromatic N) is 1. The molecular weight excluding hydrogens is 392 g/mol. The molecule has 1 saturated carbocycles. The van der Waals surface area contributed by atoms with Gasteiger partial charge >= 0.3 is 0 Å². The Kier molecular flexibility index (Phi) is 7.40. The average molecular weight is 425 g/mol. The van der Waals surface area contributed by atoms with E-state index >= 15 is 0 Å². The fraction of sp³-hybridized carbons (Fsp3) is 0.667. The summed E-state index contributed by atoms with van der Waals surface area (Å²) in [6.07, 6.45) is 6.92.